The van der Waals surface area contributed by atoms with Gasteiger partial charge >= 0.3 is 16.5 Å². The zero-order valence-electron chi connectivity index (χ0n) is 10.6. The highest BCUT2D eigenvalue weighted by Crippen LogP contribution is 2.40. The molecular formula is C12H13O7PS. The first-order valence-electron chi connectivity index (χ1n) is 5.51. The fraction of sp³-hybridized carbons (Fsp3) is 0. The molecule has 0 radical (unpaired) electrons. The van der Waals surface area contributed by atoms with Crippen molar-refractivity contribution >= 4 is 16.5 Å². The van der Waals surface area contributed by atoms with Crippen molar-refractivity contribution in [3.8, 4) is 11.5 Å². The van der Waals surface area contributed by atoms with Crippen molar-refractivity contribution in [2.24, 2.45) is 0 Å². The van der Waals surface area contributed by atoms with Crippen molar-refractivity contribution < 1.29 is 32.1 Å². The van der Waals surface area contributed by atoms with Crippen LogP contribution < -0.4 is 4.74 Å². The van der Waals surface area contributed by atoms with E-state index < -0.39 is 16.5 Å². The normalized spacial score (nSPS) is 11.2. The minimum absolute atomic E-state index is 0.869. The van der Waals surface area contributed by atoms with Crippen LogP contribution in [0, 0.1) is 0 Å². The second-order valence-corrected chi connectivity index (χ2v) is 8.35. The summed E-state index contributed by atoms with van der Waals surface area (Å²) in [5.74, 6) is 1.74. The van der Waals surface area contributed by atoms with E-state index in [1.807, 2.05) is 60.7 Å². The average Bonchev–Trinajstić information content (AvgIpc) is 2.39. The average molecular weight is 332 g/mol. The van der Waals surface area contributed by atoms with Gasteiger partial charge in [-0.1, -0.05) is 36.4 Å². The minimum atomic E-state index is -5.32. The Balaban J connectivity index is 0.000000240. The van der Waals surface area contributed by atoms with E-state index in [1.54, 1.807) is 0 Å². The predicted octanol–water partition coefficient (Wildman–Crippen LogP) is 2.45. The van der Waals surface area contributed by atoms with Gasteiger partial charge in [-0.3, -0.25) is 4.55 Å². The van der Waals surface area contributed by atoms with Crippen molar-refractivity contribution in [2.75, 3.05) is 0 Å². The van der Waals surface area contributed by atoms with Crippen LogP contribution in [0.2, 0.25) is 0 Å². The summed E-state index contributed by atoms with van der Waals surface area (Å²) in [6.45, 7) is -5.32. The van der Waals surface area contributed by atoms with Gasteiger partial charge in [-0.15, -0.1) is 0 Å². The molecule has 0 saturated carbocycles. The van der Waals surface area contributed by atoms with E-state index in [2.05, 4.69) is 0 Å². The van der Waals surface area contributed by atoms with E-state index >= 15 is 0 Å². The topological polar surface area (TPSA) is 121 Å². The zero-order chi connectivity index (χ0) is 15.9. The van der Waals surface area contributed by atoms with Crippen molar-refractivity contribution in [3.63, 3.8) is 0 Å². The molecule has 0 amide bonds. The molecule has 2 aromatic rings. The first kappa shape index (κ1) is 17.4. The van der Waals surface area contributed by atoms with Gasteiger partial charge in [0.15, 0.2) is 0 Å². The molecule has 0 heterocycles. The van der Waals surface area contributed by atoms with Gasteiger partial charge in [0, 0.05) is 0 Å². The SMILES string of the molecule is O=P(O)(O)S(=O)(=O)O.c1ccc(Oc2ccccc2)cc1. The summed E-state index contributed by atoms with van der Waals surface area (Å²) < 4.78 is 41.5. The maximum atomic E-state index is 9.51. The third kappa shape index (κ3) is 6.52. The Kier molecular flexibility index (Phi) is 6.07. The lowest BCUT2D eigenvalue weighted by atomic mass is 10.3. The first-order valence-corrected chi connectivity index (χ1v) is 9.17. The summed E-state index contributed by atoms with van der Waals surface area (Å²) in [5.41, 5.74) is 0. The van der Waals surface area contributed by atoms with Crippen LogP contribution in [-0.4, -0.2) is 22.8 Å². The van der Waals surface area contributed by atoms with Crippen LogP contribution in [-0.2, 0) is 14.3 Å². The molecule has 0 bridgehead atoms. The summed E-state index contributed by atoms with van der Waals surface area (Å²) in [6, 6.07) is 19.5. The molecule has 7 nitrogen and oxygen atoms in total. The Hall–Kier alpha value is -1.70. The first-order chi connectivity index (χ1) is 9.70. The summed E-state index contributed by atoms with van der Waals surface area (Å²) in [5, 5.41) is 0. The van der Waals surface area contributed by atoms with Crippen molar-refractivity contribution in [1.29, 1.82) is 0 Å². The molecule has 2 rings (SSSR count). The van der Waals surface area contributed by atoms with E-state index in [4.69, 9.17) is 19.1 Å². The second kappa shape index (κ2) is 7.35. The molecule has 0 aliphatic rings. The maximum absolute atomic E-state index is 9.51. The zero-order valence-corrected chi connectivity index (χ0v) is 12.3. The summed E-state index contributed by atoms with van der Waals surface area (Å²) in [7, 11) is -5.17. The smallest absolute Gasteiger partial charge is 0.457 e. The molecule has 3 N–H and O–H groups in total. The van der Waals surface area contributed by atoms with Crippen LogP contribution in [0.5, 0.6) is 11.5 Å². The Morgan fingerprint density at radius 1 is 0.810 bits per heavy atom. The predicted molar refractivity (Wildman–Crippen MR) is 76.6 cm³/mol. The molecule has 0 aliphatic carbocycles. The number of hydrogen-bond donors (Lipinski definition) is 3. The Morgan fingerprint density at radius 3 is 1.33 bits per heavy atom. The van der Waals surface area contributed by atoms with Crippen molar-refractivity contribution in [1.82, 2.24) is 0 Å². The van der Waals surface area contributed by atoms with E-state index in [1.165, 1.54) is 0 Å². The van der Waals surface area contributed by atoms with Gasteiger partial charge in [-0.05, 0) is 24.3 Å². The van der Waals surface area contributed by atoms with Gasteiger partial charge in [0.05, 0.1) is 0 Å². The van der Waals surface area contributed by atoms with Crippen LogP contribution in [0.1, 0.15) is 0 Å². The lowest BCUT2D eigenvalue weighted by molar-refractivity contribution is 0.378. The standard InChI is InChI=1S/C12H10O.H3O6PS/c1-3-7-11(8-4-1)13-12-9-5-2-6-10-12;1-7(2,3)8(4,5)6/h1-10H;(H2,1,2,3)(H,4,5,6). The molecule has 0 aliphatic heterocycles. The van der Waals surface area contributed by atoms with Gasteiger partial charge < -0.3 is 14.5 Å². The summed E-state index contributed by atoms with van der Waals surface area (Å²) >= 11 is 0. The Morgan fingerprint density at radius 2 is 1.10 bits per heavy atom. The van der Waals surface area contributed by atoms with Gasteiger partial charge in [0.2, 0.25) is 0 Å². The molecular weight excluding hydrogens is 319 g/mol. The highest BCUT2D eigenvalue weighted by Gasteiger charge is 2.30. The molecule has 2 aromatic carbocycles. The van der Waals surface area contributed by atoms with Gasteiger partial charge in [0.25, 0.3) is 0 Å². The lowest BCUT2D eigenvalue weighted by Crippen LogP contribution is -1.96. The highest BCUT2D eigenvalue weighted by atomic mass is 32.8. The molecule has 0 atom stereocenters. The number of hydrogen-bond acceptors (Lipinski definition) is 4. The molecule has 9 heteroatoms. The van der Waals surface area contributed by atoms with Crippen LogP contribution >= 0.6 is 6.80 Å². The monoisotopic (exact) mass is 332 g/mol. The lowest BCUT2D eigenvalue weighted by Gasteiger charge is -2.03. The number of rotatable bonds is 3. The van der Waals surface area contributed by atoms with Gasteiger partial charge in [-0.25, -0.2) is 4.57 Å². The molecule has 0 fully saturated rings. The fourth-order valence-electron chi connectivity index (χ4n) is 1.11. The van der Waals surface area contributed by atoms with Crippen molar-refractivity contribution in [2.45, 2.75) is 0 Å². The van der Waals surface area contributed by atoms with Crippen LogP contribution in [0.3, 0.4) is 0 Å². The number of ether oxygens (including phenoxy) is 1. The molecule has 0 aromatic heterocycles. The van der Waals surface area contributed by atoms with Gasteiger partial charge in [-0.2, -0.15) is 8.42 Å². The number of benzene rings is 2. The highest BCUT2D eigenvalue weighted by molar-refractivity contribution is 8.46. The molecule has 114 valence electrons. The third-order valence-electron chi connectivity index (χ3n) is 2.02. The molecule has 0 unspecified atom stereocenters. The van der Waals surface area contributed by atoms with Crippen LogP contribution in [0.4, 0.5) is 0 Å². The third-order valence-corrected chi connectivity index (χ3v) is 4.43. The quantitative estimate of drug-likeness (QED) is 0.583. The number of para-hydroxylation sites is 2. The van der Waals surface area contributed by atoms with E-state index in [9.17, 15) is 13.0 Å². The van der Waals surface area contributed by atoms with E-state index in [0.29, 0.717) is 0 Å². The molecule has 0 spiro atoms. The Labute approximate surface area is 121 Å². The summed E-state index contributed by atoms with van der Waals surface area (Å²) in [4.78, 5) is 15.3. The minimum Gasteiger partial charge on any atom is -0.457 e. The van der Waals surface area contributed by atoms with Gasteiger partial charge in [0.1, 0.15) is 11.5 Å². The molecule has 21 heavy (non-hydrogen) atoms. The Bertz CT molecular complexity index is 657. The summed E-state index contributed by atoms with van der Waals surface area (Å²) in [6.07, 6.45) is 0. The van der Waals surface area contributed by atoms with Crippen LogP contribution in [0.25, 0.3) is 0 Å². The second-order valence-electron chi connectivity index (χ2n) is 3.67. The largest absolute Gasteiger partial charge is 0.466 e. The van der Waals surface area contributed by atoms with Crippen molar-refractivity contribution in [3.05, 3.63) is 60.7 Å². The maximum Gasteiger partial charge on any atom is 0.466 e. The molecule has 0 saturated heterocycles. The fourth-order valence-corrected chi connectivity index (χ4v) is 1.11. The van der Waals surface area contributed by atoms with Crippen LogP contribution in [0.15, 0.2) is 60.7 Å². The van der Waals surface area contributed by atoms with E-state index in [-0.39, 0.29) is 0 Å². The van der Waals surface area contributed by atoms with E-state index in [0.717, 1.165) is 11.5 Å².